The van der Waals surface area contributed by atoms with Gasteiger partial charge in [-0.15, -0.1) is 0 Å². The maximum atomic E-state index is 10.6. The first-order chi connectivity index (χ1) is 9.10. The summed E-state index contributed by atoms with van der Waals surface area (Å²) < 4.78 is 0. The van der Waals surface area contributed by atoms with E-state index in [1.54, 1.807) is 6.07 Å². The van der Waals surface area contributed by atoms with E-state index in [1.165, 1.54) is 5.56 Å². The van der Waals surface area contributed by atoms with E-state index in [0.29, 0.717) is 11.6 Å². The molecular weight excluding hydrogens is 240 g/mol. The van der Waals surface area contributed by atoms with E-state index >= 15 is 0 Å². The van der Waals surface area contributed by atoms with E-state index in [1.807, 2.05) is 12.1 Å². The summed E-state index contributed by atoms with van der Waals surface area (Å²) >= 11 is 0. The van der Waals surface area contributed by atoms with Crippen LogP contribution in [0.25, 0.3) is 11.3 Å². The largest absolute Gasteiger partial charge is 0.481 e. The van der Waals surface area contributed by atoms with Crippen LogP contribution < -0.4 is 0 Å². The zero-order valence-electron chi connectivity index (χ0n) is 11.2. The number of carboxylic acid groups (broad SMARTS) is 1. The molecule has 0 bridgehead atoms. The van der Waals surface area contributed by atoms with Crippen LogP contribution in [0.5, 0.6) is 0 Å². The molecule has 1 heterocycles. The molecule has 0 radical (unpaired) electrons. The summed E-state index contributed by atoms with van der Waals surface area (Å²) in [5.41, 5.74) is 3.72. The van der Waals surface area contributed by atoms with Crippen molar-refractivity contribution in [1.82, 2.24) is 10.2 Å². The van der Waals surface area contributed by atoms with Crippen molar-refractivity contribution < 1.29 is 9.90 Å². The van der Waals surface area contributed by atoms with E-state index in [-0.39, 0.29) is 6.42 Å². The molecule has 2 N–H and O–H groups in total. The van der Waals surface area contributed by atoms with Gasteiger partial charge in [0, 0.05) is 11.3 Å². The Balaban J connectivity index is 2.18. The number of nitrogens with zero attached hydrogens (tertiary/aromatic N) is 1. The normalized spacial score (nSPS) is 12.3. The number of nitrogens with one attached hydrogen (secondary N) is 1. The maximum Gasteiger partial charge on any atom is 0.309 e. The molecule has 1 atom stereocenters. The van der Waals surface area contributed by atoms with E-state index in [0.717, 1.165) is 17.7 Å². The lowest BCUT2D eigenvalue weighted by molar-refractivity contribution is -0.136. The Kier molecular flexibility index (Phi) is 4.00. The van der Waals surface area contributed by atoms with E-state index in [2.05, 4.69) is 36.2 Å². The second-order valence-electron chi connectivity index (χ2n) is 4.78. The quantitative estimate of drug-likeness (QED) is 0.865. The molecule has 1 aromatic heterocycles. The fourth-order valence-electron chi connectivity index (χ4n) is 1.98. The van der Waals surface area contributed by atoms with Gasteiger partial charge in [-0.25, -0.2) is 0 Å². The number of hydrogen-bond donors (Lipinski definition) is 2. The highest BCUT2D eigenvalue weighted by molar-refractivity contribution is 5.70. The number of aromatic nitrogens is 2. The van der Waals surface area contributed by atoms with Crippen LogP contribution in [0.4, 0.5) is 0 Å². The van der Waals surface area contributed by atoms with Gasteiger partial charge >= 0.3 is 5.97 Å². The number of carbonyl (C=O) groups is 1. The third-order valence-electron chi connectivity index (χ3n) is 3.36. The van der Waals surface area contributed by atoms with Gasteiger partial charge in [0.2, 0.25) is 0 Å². The zero-order valence-corrected chi connectivity index (χ0v) is 11.2. The maximum absolute atomic E-state index is 10.6. The molecule has 0 saturated carbocycles. The zero-order chi connectivity index (χ0) is 13.8. The number of carboxylic acids is 1. The molecule has 0 aliphatic carbocycles. The van der Waals surface area contributed by atoms with E-state index in [9.17, 15) is 4.79 Å². The summed E-state index contributed by atoms with van der Waals surface area (Å²) in [6.07, 6.45) is 1.09. The highest BCUT2D eigenvalue weighted by Gasteiger charge is 2.08. The third kappa shape index (κ3) is 3.22. The van der Waals surface area contributed by atoms with Gasteiger partial charge in [-0.2, -0.15) is 5.10 Å². The Bertz CT molecular complexity index is 558. The fourth-order valence-corrected chi connectivity index (χ4v) is 1.98. The lowest BCUT2D eigenvalue weighted by Gasteiger charge is -2.08. The van der Waals surface area contributed by atoms with Gasteiger partial charge in [-0.3, -0.25) is 9.89 Å². The molecule has 1 unspecified atom stereocenters. The standard InChI is InChI=1S/C15H18N2O2/c1-3-10(2)11-4-6-12(7-5-11)14-8-13(16-17-14)9-15(18)19/h4-8,10H,3,9H2,1-2H3,(H,16,17)(H,18,19). The fraction of sp³-hybridized carbons (Fsp3) is 0.333. The average Bonchev–Trinajstić information content (AvgIpc) is 2.85. The van der Waals surface area contributed by atoms with Crippen LogP contribution in [0.1, 0.15) is 37.4 Å². The van der Waals surface area contributed by atoms with Gasteiger partial charge in [-0.05, 0) is 24.0 Å². The molecular formula is C15H18N2O2. The van der Waals surface area contributed by atoms with Crippen molar-refractivity contribution in [3.63, 3.8) is 0 Å². The lowest BCUT2D eigenvalue weighted by atomic mass is 9.97. The van der Waals surface area contributed by atoms with Crippen molar-refractivity contribution in [2.75, 3.05) is 0 Å². The summed E-state index contributed by atoms with van der Waals surface area (Å²) in [5.74, 6) is -0.307. The number of H-pyrrole nitrogens is 1. The molecule has 1 aromatic carbocycles. The van der Waals surface area contributed by atoms with Gasteiger partial charge in [0.1, 0.15) is 0 Å². The van der Waals surface area contributed by atoms with Gasteiger partial charge in [-0.1, -0.05) is 38.1 Å². The number of aliphatic carboxylic acids is 1. The van der Waals surface area contributed by atoms with E-state index < -0.39 is 5.97 Å². The van der Waals surface area contributed by atoms with Crippen LogP contribution in [0, 0.1) is 0 Å². The predicted molar refractivity (Wildman–Crippen MR) is 74.1 cm³/mol. The third-order valence-corrected chi connectivity index (χ3v) is 3.36. The van der Waals surface area contributed by atoms with Crippen molar-refractivity contribution in [2.24, 2.45) is 0 Å². The van der Waals surface area contributed by atoms with Crippen LogP contribution in [0.3, 0.4) is 0 Å². The molecule has 0 spiro atoms. The second kappa shape index (κ2) is 5.69. The molecule has 0 saturated heterocycles. The molecule has 2 aromatic rings. The minimum atomic E-state index is -0.859. The van der Waals surface area contributed by atoms with E-state index in [4.69, 9.17) is 5.11 Å². The predicted octanol–water partition coefficient (Wildman–Crippen LogP) is 3.22. The minimum absolute atomic E-state index is 0.0298. The van der Waals surface area contributed by atoms with Gasteiger partial charge < -0.3 is 5.11 Å². The first kappa shape index (κ1) is 13.3. The summed E-state index contributed by atoms with van der Waals surface area (Å²) in [6.45, 7) is 4.37. The summed E-state index contributed by atoms with van der Waals surface area (Å²) in [7, 11) is 0. The molecule has 0 amide bonds. The molecule has 19 heavy (non-hydrogen) atoms. The first-order valence-corrected chi connectivity index (χ1v) is 6.46. The number of hydrogen-bond acceptors (Lipinski definition) is 2. The molecule has 0 aliphatic heterocycles. The number of benzene rings is 1. The summed E-state index contributed by atoms with van der Waals surface area (Å²) in [5, 5.41) is 15.6. The molecule has 2 rings (SSSR count). The van der Waals surface area contributed by atoms with Crippen molar-refractivity contribution in [1.29, 1.82) is 0 Å². The highest BCUT2D eigenvalue weighted by Crippen LogP contribution is 2.23. The van der Waals surface area contributed by atoms with Crippen LogP contribution in [0.15, 0.2) is 30.3 Å². The lowest BCUT2D eigenvalue weighted by Crippen LogP contribution is -1.99. The number of aromatic amines is 1. The summed E-state index contributed by atoms with van der Waals surface area (Å²) in [4.78, 5) is 10.6. The van der Waals surface area contributed by atoms with Crippen molar-refractivity contribution >= 4 is 5.97 Å². The van der Waals surface area contributed by atoms with Gasteiger partial charge in [0.25, 0.3) is 0 Å². The molecule has 4 heteroatoms. The van der Waals surface area contributed by atoms with Crippen LogP contribution in [-0.4, -0.2) is 21.3 Å². The topological polar surface area (TPSA) is 66.0 Å². The highest BCUT2D eigenvalue weighted by atomic mass is 16.4. The van der Waals surface area contributed by atoms with Crippen molar-refractivity contribution in [3.05, 3.63) is 41.6 Å². The first-order valence-electron chi connectivity index (χ1n) is 6.46. The Morgan fingerprint density at radius 3 is 2.63 bits per heavy atom. The molecule has 100 valence electrons. The Labute approximate surface area is 112 Å². The number of rotatable bonds is 5. The minimum Gasteiger partial charge on any atom is -0.481 e. The molecule has 4 nitrogen and oxygen atoms in total. The smallest absolute Gasteiger partial charge is 0.309 e. The Morgan fingerprint density at radius 1 is 1.37 bits per heavy atom. The van der Waals surface area contributed by atoms with Crippen LogP contribution >= 0.6 is 0 Å². The second-order valence-corrected chi connectivity index (χ2v) is 4.78. The molecule has 0 fully saturated rings. The van der Waals surface area contributed by atoms with Gasteiger partial charge in [0.05, 0.1) is 12.1 Å². The van der Waals surface area contributed by atoms with Crippen molar-refractivity contribution in [3.8, 4) is 11.3 Å². The SMILES string of the molecule is CCC(C)c1ccc(-c2cc(CC(=O)O)[nH]n2)cc1. The summed E-state index contributed by atoms with van der Waals surface area (Å²) in [6, 6.07) is 10.1. The Hall–Kier alpha value is -2.10. The van der Waals surface area contributed by atoms with Gasteiger partial charge in [0.15, 0.2) is 0 Å². The average molecular weight is 258 g/mol. The molecule has 0 aliphatic rings. The Morgan fingerprint density at radius 2 is 2.05 bits per heavy atom. The monoisotopic (exact) mass is 258 g/mol. The van der Waals surface area contributed by atoms with Crippen LogP contribution in [-0.2, 0) is 11.2 Å². The van der Waals surface area contributed by atoms with Crippen LogP contribution in [0.2, 0.25) is 0 Å². The van der Waals surface area contributed by atoms with Crippen molar-refractivity contribution in [2.45, 2.75) is 32.6 Å².